The minimum atomic E-state index is -0.544. The Morgan fingerprint density at radius 2 is 2.22 bits per heavy atom. The lowest BCUT2D eigenvalue weighted by Crippen LogP contribution is -2.36. The van der Waals surface area contributed by atoms with Gasteiger partial charge in [-0.2, -0.15) is 0 Å². The standard InChI is InChI=1S/C11H16N6O/c1-6(2)3-7(12)11(18)17-10-8-9(14-4-13-8)15-5-16-10/h4-7H,3,12H2,1-2H3,(H2,13,14,15,16,17,18). The van der Waals surface area contributed by atoms with Crippen LogP contribution in [0.25, 0.3) is 11.2 Å². The third-order valence-corrected chi connectivity index (χ3v) is 2.53. The summed E-state index contributed by atoms with van der Waals surface area (Å²) < 4.78 is 0. The molecule has 0 aliphatic rings. The van der Waals surface area contributed by atoms with E-state index in [-0.39, 0.29) is 5.91 Å². The molecule has 1 amide bonds. The highest BCUT2D eigenvalue weighted by atomic mass is 16.2. The van der Waals surface area contributed by atoms with Gasteiger partial charge in [0, 0.05) is 0 Å². The summed E-state index contributed by atoms with van der Waals surface area (Å²) in [5.74, 6) is 0.517. The molecule has 2 aromatic rings. The number of fused-ring (bicyclic) bond motifs is 1. The number of hydrogen-bond donors (Lipinski definition) is 3. The SMILES string of the molecule is CC(C)CC(N)C(=O)Nc1ncnc2nc[nH]c12. The molecule has 1 unspecified atom stereocenters. The first-order valence-electron chi connectivity index (χ1n) is 5.78. The summed E-state index contributed by atoms with van der Waals surface area (Å²) >= 11 is 0. The topological polar surface area (TPSA) is 110 Å². The smallest absolute Gasteiger partial charge is 0.242 e. The number of imidazole rings is 1. The fraction of sp³-hybridized carbons (Fsp3) is 0.455. The molecule has 18 heavy (non-hydrogen) atoms. The van der Waals surface area contributed by atoms with Crippen LogP contribution in [0.2, 0.25) is 0 Å². The molecule has 0 aliphatic carbocycles. The Morgan fingerprint density at radius 1 is 1.44 bits per heavy atom. The van der Waals surface area contributed by atoms with Gasteiger partial charge in [0.1, 0.15) is 11.8 Å². The number of hydrogen-bond acceptors (Lipinski definition) is 5. The minimum Gasteiger partial charge on any atom is -0.340 e. The average molecular weight is 248 g/mol. The number of nitrogens with zero attached hydrogens (tertiary/aromatic N) is 3. The van der Waals surface area contributed by atoms with Crippen molar-refractivity contribution in [2.45, 2.75) is 26.3 Å². The molecule has 7 nitrogen and oxygen atoms in total. The van der Waals surface area contributed by atoms with Gasteiger partial charge in [-0.1, -0.05) is 13.8 Å². The summed E-state index contributed by atoms with van der Waals surface area (Å²) in [5.41, 5.74) is 6.92. The Kier molecular flexibility index (Phi) is 3.52. The van der Waals surface area contributed by atoms with Gasteiger partial charge in [-0.3, -0.25) is 4.79 Å². The maximum Gasteiger partial charge on any atom is 0.242 e. The highest BCUT2D eigenvalue weighted by molar-refractivity contribution is 5.99. The molecule has 0 radical (unpaired) electrons. The summed E-state index contributed by atoms with van der Waals surface area (Å²) in [6, 6.07) is -0.544. The zero-order chi connectivity index (χ0) is 13.1. The van der Waals surface area contributed by atoms with E-state index in [2.05, 4.69) is 25.3 Å². The van der Waals surface area contributed by atoms with Crippen LogP contribution in [0.3, 0.4) is 0 Å². The van der Waals surface area contributed by atoms with E-state index >= 15 is 0 Å². The van der Waals surface area contributed by atoms with Crippen molar-refractivity contribution in [1.82, 2.24) is 19.9 Å². The van der Waals surface area contributed by atoms with Crippen LogP contribution in [0.15, 0.2) is 12.7 Å². The van der Waals surface area contributed by atoms with Crippen LogP contribution in [0.1, 0.15) is 20.3 Å². The fourth-order valence-corrected chi connectivity index (χ4v) is 1.68. The molecule has 0 bridgehead atoms. The number of carbonyl (C=O) groups excluding carboxylic acids is 1. The molecule has 0 saturated heterocycles. The number of aromatic nitrogens is 4. The zero-order valence-electron chi connectivity index (χ0n) is 10.3. The molecule has 2 rings (SSSR count). The number of H-pyrrole nitrogens is 1. The molecule has 0 aromatic carbocycles. The molecule has 0 spiro atoms. The van der Waals surface area contributed by atoms with Crippen LogP contribution < -0.4 is 11.1 Å². The second-order valence-electron chi connectivity index (χ2n) is 4.55. The van der Waals surface area contributed by atoms with Gasteiger partial charge in [-0.25, -0.2) is 15.0 Å². The molecular weight excluding hydrogens is 232 g/mol. The molecular formula is C11H16N6O. The Labute approximate surface area is 104 Å². The van der Waals surface area contributed by atoms with Crippen molar-refractivity contribution >= 4 is 22.9 Å². The van der Waals surface area contributed by atoms with Crippen LogP contribution in [0, 0.1) is 5.92 Å². The van der Waals surface area contributed by atoms with Gasteiger partial charge in [0.25, 0.3) is 0 Å². The summed E-state index contributed by atoms with van der Waals surface area (Å²) in [4.78, 5) is 26.7. The van der Waals surface area contributed by atoms with Gasteiger partial charge in [0.05, 0.1) is 12.4 Å². The number of aromatic amines is 1. The monoisotopic (exact) mass is 248 g/mol. The van der Waals surface area contributed by atoms with Gasteiger partial charge < -0.3 is 16.0 Å². The van der Waals surface area contributed by atoms with Gasteiger partial charge in [-0.15, -0.1) is 0 Å². The molecule has 7 heteroatoms. The number of anilines is 1. The van der Waals surface area contributed by atoms with Crippen molar-refractivity contribution in [2.24, 2.45) is 11.7 Å². The second-order valence-corrected chi connectivity index (χ2v) is 4.55. The van der Waals surface area contributed by atoms with E-state index in [1.165, 1.54) is 12.7 Å². The van der Waals surface area contributed by atoms with Crippen molar-refractivity contribution in [3.8, 4) is 0 Å². The summed E-state index contributed by atoms with van der Waals surface area (Å²) in [6.45, 7) is 4.04. The zero-order valence-corrected chi connectivity index (χ0v) is 10.3. The largest absolute Gasteiger partial charge is 0.340 e. The van der Waals surface area contributed by atoms with Crippen LogP contribution in [-0.4, -0.2) is 31.9 Å². The van der Waals surface area contributed by atoms with E-state index in [1.54, 1.807) is 0 Å². The van der Waals surface area contributed by atoms with Crippen LogP contribution in [0.5, 0.6) is 0 Å². The molecule has 96 valence electrons. The van der Waals surface area contributed by atoms with Crippen LogP contribution >= 0.6 is 0 Å². The van der Waals surface area contributed by atoms with Gasteiger partial charge in [0.2, 0.25) is 5.91 Å². The first kappa shape index (κ1) is 12.4. The lowest BCUT2D eigenvalue weighted by Gasteiger charge is -2.13. The Hall–Kier alpha value is -2.02. The van der Waals surface area contributed by atoms with E-state index in [9.17, 15) is 4.79 Å². The predicted molar refractivity (Wildman–Crippen MR) is 67.7 cm³/mol. The molecule has 1 atom stereocenters. The Morgan fingerprint density at radius 3 is 2.94 bits per heavy atom. The summed E-state index contributed by atoms with van der Waals surface area (Å²) in [5, 5.41) is 2.69. The number of nitrogens with two attached hydrogens (primary N) is 1. The van der Waals surface area contributed by atoms with E-state index in [0.29, 0.717) is 29.3 Å². The molecule has 2 heterocycles. The molecule has 4 N–H and O–H groups in total. The molecule has 2 aromatic heterocycles. The highest BCUT2D eigenvalue weighted by Crippen LogP contribution is 2.15. The molecule has 0 fully saturated rings. The van der Waals surface area contributed by atoms with Crippen molar-refractivity contribution in [2.75, 3.05) is 5.32 Å². The number of rotatable bonds is 4. The first-order valence-corrected chi connectivity index (χ1v) is 5.78. The maximum atomic E-state index is 11.9. The third kappa shape index (κ3) is 2.62. The van der Waals surface area contributed by atoms with Gasteiger partial charge in [0.15, 0.2) is 11.5 Å². The van der Waals surface area contributed by atoms with Crippen LogP contribution in [-0.2, 0) is 4.79 Å². The third-order valence-electron chi connectivity index (χ3n) is 2.53. The van der Waals surface area contributed by atoms with Crippen molar-refractivity contribution < 1.29 is 4.79 Å². The molecule has 0 aliphatic heterocycles. The van der Waals surface area contributed by atoms with E-state index in [1.807, 2.05) is 13.8 Å². The number of nitrogens with one attached hydrogen (secondary N) is 2. The number of amides is 1. The van der Waals surface area contributed by atoms with Crippen LogP contribution in [0.4, 0.5) is 5.82 Å². The lowest BCUT2D eigenvalue weighted by molar-refractivity contribution is -0.117. The molecule has 0 saturated carbocycles. The summed E-state index contributed by atoms with van der Waals surface area (Å²) in [7, 11) is 0. The highest BCUT2D eigenvalue weighted by Gasteiger charge is 2.17. The number of carbonyl (C=O) groups is 1. The maximum absolute atomic E-state index is 11.9. The fourth-order valence-electron chi connectivity index (χ4n) is 1.68. The first-order chi connectivity index (χ1) is 8.58. The van der Waals surface area contributed by atoms with E-state index in [4.69, 9.17) is 5.73 Å². The van der Waals surface area contributed by atoms with Crippen molar-refractivity contribution in [3.63, 3.8) is 0 Å². The second kappa shape index (κ2) is 5.09. The Bertz CT molecular complexity index is 549. The minimum absolute atomic E-state index is 0.252. The van der Waals surface area contributed by atoms with Crippen molar-refractivity contribution in [3.05, 3.63) is 12.7 Å². The van der Waals surface area contributed by atoms with E-state index < -0.39 is 6.04 Å². The quantitative estimate of drug-likeness (QED) is 0.736. The summed E-state index contributed by atoms with van der Waals surface area (Å²) in [6.07, 6.45) is 3.48. The van der Waals surface area contributed by atoms with Gasteiger partial charge >= 0.3 is 0 Å². The van der Waals surface area contributed by atoms with Gasteiger partial charge in [-0.05, 0) is 12.3 Å². The predicted octanol–water partition coefficient (Wildman–Crippen LogP) is 0.665. The Balaban J connectivity index is 2.14. The van der Waals surface area contributed by atoms with E-state index in [0.717, 1.165) is 0 Å². The normalized spacial score (nSPS) is 12.9. The lowest BCUT2D eigenvalue weighted by atomic mass is 10.0. The average Bonchev–Trinajstić information content (AvgIpc) is 2.77. The van der Waals surface area contributed by atoms with Crippen molar-refractivity contribution in [1.29, 1.82) is 0 Å².